The summed E-state index contributed by atoms with van der Waals surface area (Å²) >= 11 is 0. The first-order valence-electron chi connectivity index (χ1n) is 23.7. The molecule has 1 fully saturated rings. The van der Waals surface area contributed by atoms with Gasteiger partial charge in [-0.25, -0.2) is 9.11 Å². The first-order chi connectivity index (χ1) is 30.3. The van der Waals surface area contributed by atoms with Crippen molar-refractivity contribution in [1.29, 1.82) is 0 Å². The molecule has 1 aromatic rings. The van der Waals surface area contributed by atoms with Gasteiger partial charge in [-0.1, -0.05) is 167 Å². The number of ether oxygens (including phenoxy) is 3. The van der Waals surface area contributed by atoms with Crippen molar-refractivity contribution in [2.24, 2.45) is 5.11 Å². The summed E-state index contributed by atoms with van der Waals surface area (Å²) in [6.45, 7) is 4.49. The summed E-state index contributed by atoms with van der Waals surface area (Å²) in [6.07, 6.45) is 26.9. The summed E-state index contributed by atoms with van der Waals surface area (Å²) in [5, 5.41) is 3.58. The molecule has 6 unspecified atom stereocenters. The maximum atomic E-state index is 12.8. The number of hydrogen-bond acceptors (Lipinski definition) is 14. The van der Waals surface area contributed by atoms with Crippen molar-refractivity contribution in [3.63, 3.8) is 0 Å². The number of phosphoric ester groups is 2. The van der Waals surface area contributed by atoms with Gasteiger partial charge in [0.25, 0.3) is 21.2 Å². The standard InChI is InChI=1S/C43H79N5O13P2.2Na/c1-4-6-8-10-12-14-16-18-19-21-23-25-27-29-41(49)59-37(33-56-30-28-26-24-22-20-17-15-13-11-9-7-5-2)34-57-62(52,53)61-63(54,55)58-35-39-38(46-47-44)31-40(60-39)48-32-36(3)42(50)45-43(48)51;;/h32,37-40H,4-31,33-35H2,1-3H3,(H,52,53)(H,54,55)(H,45,50,51);;/q;2*+1/p-2. The molecule has 0 radical (unpaired) electrons. The van der Waals surface area contributed by atoms with Gasteiger partial charge in [-0.3, -0.25) is 28.3 Å². The SMILES string of the molecule is CCCCCCCCCCCCCCCC(=O)OC(COCCCCCCCCCCCCCC)COP(=O)([O-])OP(=O)([O-])OCC1OC(n2cc(C)c(=O)[nH]c2=O)CC1N=[N+]=[N-].[Na+].[Na+]. The quantitative estimate of drug-likeness (QED) is 0.0186. The number of aryl methyl sites for hydroxylation is 1. The van der Waals surface area contributed by atoms with E-state index in [-0.39, 0.29) is 84.1 Å². The van der Waals surface area contributed by atoms with Gasteiger partial charge in [0, 0.05) is 36.1 Å². The summed E-state index contributed by atoms with van der Waals surface area (Å²) in [5.74, 6) is -0.552. The number of phosphoric acid groups is 2. The topological polar surface area (TPSA) is 256 Å². The van der Waals surface area contributed by atoms with E-state index < -0.39 is 70.6 Å². The Hall–Kier alpha value is -0.360. The molecule has 65 heavy (non-hydrogen) atoms. The van der Waals surface area contributed by atoms with Crippen LogP contribution in [0.4, 0.5) is 0 Å². The average Bonchev–Trinajstić information content (AvgIpc) is 3.64. The van der Waals surface area contributed by atoms with Gasteiger partial charge < -0.3 is 33.0 Å². The molecular weight excluding hydrogens is 902 g/mol. The van der Waals surface area contributed by atoms with Crippen molar-refractivity contribution >= 4 is 21.6 Å². The van der Waals surface area contributed by atoms with Gasteiger partial charge in [0.15, 0.2) is 0 Å². The van der Waals surface area contributed by atoms with Crippen LogP contribution < -0.4 is 80.2 Å². The number of nitrogens with one attached hydrogen (secondary N) is 1. The molecule has 2 rings (SSSR count). The minimum absolute atomic E-state index is 0. The van der Waals surface area contributed by atoms with Crippen molar-refractivity contribution in [2.75, 3.05) is 26.4 Å². The summed E-state index contributed by atoms with van der Waals surface area (Å²) in [6, 6.07) is -1.03. The maximum absolute atomic E-state index is 12.8. The molecular formula is C43H77N5Na2O13P2. The Balaban J connectivity index is 0.0000205. The number of azide groups is 1. The van der Waals surface area contributed by atoms with E-state index in [2.05, 4.69) is 33.2 Å². The molecule has 1 N–H and O–H groups in total. The van der Waals surface area contributed by atoms with Gasteiger partial charge >= 0.3 is 70.8 Å². The van der Waals surface area contributed by atoms with Gasteiger partial charge in [0.1, 0.15) is 12.3 Å². The minimum Gasteiger partial charge on any atom is -0.756 e. The first kappa shape index (κ1) is 64.6. The molecule has 0 amide bonds. The van der Waals surface area contributed by atoms with Crippen molar-refractivity contribution < 1.29 is 110 Å². The second-order valence-electron chi connectivity index (χ2n) is 16.8. The van der Waals surface area contributed by atoms with Crippen molar-refractivity contribution in [3.05, 3.63) is 43.0 Å². The molecule has 2 heterocycles. The summed E-state index contributed by atoms with van der Waals surface area (Å²) in [4.78, 5) is 67.2. The maximum Gasteiger partial charge on any atom is 1.00 e. The van der Waals surface area contributed by atoms with Crippen molar-refractivity contribution in [1.82, 2.24) is 9.55 Å². The van der Waals surface area contributed by atoms with Crippen LogP contribution in [0.1, 0.15) is 199 Å². The van der Waals surface area contributed by atoms with E-state index in [1.54, 1.807) is 0 Å². The molecule has 0 aliphatic carbocycles. The van der Waals surface area contributed by atoms with Gasteiger partial charge in [0.05, 0.1) is 32.0 Å². The fourth-order valence-corrected chi connectivity index (χ4v) is 9.48. The molecule has 6 atom stereocenters. The van der Waals surface area contributed by atoms with Crippen LogP contribution in [0.3, 0.4) is 0 Å². The van der Waals surface area contributed by atoms with Crippen LogP contribution >= 0.6 is 15.6 Å². The Labute approximate surface area is 431 Å². The average molecular weight is 980 g/mol. The van der Waals surface area contributed by atoms with Gasteiger partial charge in [0.2, 0.25) is 0 Å². The molecule has 0 aromatic carbocycles. The van der Waals surface area contributed by atoms with E-state index in [1.807, 2.05) is 0 Å². The molecule has 364 valence electrons. The second kappa shape index (κ2) is 39.4. The zero-order chi connectivity index (χ0) is 46.2. The number of nitrogens with zero attached hydrogens (tertiary/aromatic N) is 4. The van der Waals surface area contributed by atoms with Gasteiger partial charge in [-0.15, -0.1) is 0 Å². The molecule has 22 heteroatoms. The fraction of sp³-hybridized carbons (Fsp3) is 0.884. The second-order valence-corrected chi connectivity index (χ2v) is 19.7. The third kappa shape index (κ3) is 31.5. The van der Waals surface area contributed by atoms with Gasteiger partial charge in [-0.2, -0.15) is 0 Å². The molecule has 0 bridgehead atoms. The van der Waals surface area contributed by atoms with Crippen LogP contribution in [0.25, 0.3) is 10.4 Å². The van der Waals surface area contributed by atoms with E-state index in [4.69, 9.17) is 28.8 Å². The molecule has 1 aliphatic rings. The summed E-state index contributed by atoms with van der Waals surface area (Å²) in [7, 11) is -11.2. The van der Waals surface area contributed by atoms with Crippen molar-refractivity contribution in [3.8, 4) is 0 Å². The molecule has 0 saturated carbocycles. The molecule has 1 aromatic heterocycles. The van der Waals surface area contributed by atoms with Crippen LogP contribution in [0.5, 0.6) is 0 Å². The Morgan fingerprint density at radius 1 is 0.800 bits per heavy atom. The normalized spacial score (nSPS) is 18.1. The monoisotopic (exact) mass is 979 g/mol. The molecule has 0 spiro atoms. The third-order valence-corrected chi connectivity index (χ3v) is 13.6. The largest absolute Gasteiger partial charge is 1.00 e. The number of carbonyl (C=O) groups is 1. The van der Waals surface area contributed by atoms with Gasteiger partial charge in [-0.05, 0) is 25.3 Å². The number of aromatic nitrogens is 2. The van der Waals surface area contributed by atoms with Crippen LogP contribution in [-0.4, -0.2) is 60.2 Å². The molecule has 1 aliphatic heterocycles. The van der Waals surface area contributed by atoms with E-state index >= 15 is 0 Å². The van der Waals surface area contributed by atoms with Crippen LogP contribution in [0.15, 0.2) is 20.9 Å². The predicted molar refractivity (Wildman–Crippen MR) is 238 cm³/mol. The summed E-state index contributed by atoms with van der Waals surface area (Å²) < 4.78 is 57.4. The molecule has 1 saturated heterocycles. The van der Waals surface area contributed by atoms with Crippen LogP contribution in [-0.2, 0) is 41.5 Å². The van der Waals surface area contributed by atoms with E-state index in [0.29, 0.717) is 13.0 Å². The number of carbonyl (C=O) groups excluding carboxylic acids is 1. The number of esters is 1. The number of H-pyrrole nitrogens is 1. The van der Waals surface area contributed by atoms with Crippen LogP contribution in [0.2, 0.25) is 0 Å². The Kier molecular flexibility index (Phi) is 39.2. The van der Waals surface area contributed by atoms with E-state index in [0.717, 1.165) is 49.5 Å². The Morgan fingerprint density at radius 2 is 1.28 bits per heavy atom. The molecule has 18 nitrogen and oxygen atoms in total. The summed E-state index contributed by atoms with van der Waals surface area (Å²) in [5.41, 5.74) is 7.81. The number of unbranched alkanes of at least 4 members (excludes halogenated alkanes) is 23. The van der Waals surface area contributed by atoms with E-state index in [9.17, 15) is 33.3 Å². The third-order valence-electron chi connectivity index (χ3n) is 11.1. The zero-order valence-corrected chi connectivity index (χ0v) is 46.1. The Morgan fingerprint density at radius 3 is 1.78 bits per heavy atom. The minimum atomic E-state index is -5.63. The van der Waals surface area contributed by atoms with Crippen LogP contribution in [0, 0.1) is 6.92 Å². The van der Waals surface area contributed by atoms with E-state index in [1.165, 1.54) is 122 Å². The number of aromatic amines is 1. The predicted octanol–water partition coefficient (Wildman–Crippen LogP) is 3.92. The fourth-order valence-electron chi connectivity index (χ4n) is 7.44. The Bertz CT molecular complexity index is 1670. The zero-order valence-electron chi connectivity index (χ0n) is 40.3. The van der Waals surface area contributed by atoms with Crippen molar-refractivity contribution in [2.45, 2.75) is 219 Å². The first-order valence-corrected chi connectivity index (χ1v) is 26.6. The number of hydrogen-bond donors (Lipinski definition) is 1. The number of rotatable bonds is 40. The smallest absolute Gasteiger partial charge is 0.756 e.